The van der Waals surface area contributed by atoms with E-state index in [9.17, 15) is 4.79 Å². The molecule has 0 aliphatic carbocycles. The molecule has 0 aromatic rings. The SMILES string of the molecule is CCCCCCCCCCCOC(=O)/C=C/C[N+](C)(C)C. The van der Waals surface area contributed by atoms with Crippen molar-refractivity contribution in [2.75, 3.05) is 34.3 Å². The van der Waals surface area contributed by atoms with Crippen molar-refractivity contribution in [2.45, 2.75) is 64.7 Å². The molecule has 0 bridgehead atoms. The van der Waals surface area contributed by atoms with Gasteiger partial charge in [-0.1, -0.05) is 58.3 Å². The second kappa shape index (κ2) is 12.9. The Morgan fingerprint density at radius 1 is 0.905 bits per heavy atom. The minimum absolute atomic E-state index is 0.206. The van der Waals surface area contributed by atoms with E-state index >= 15 is 0 Å². The molecule has 124 valence electrons. The van der Waals surface area contributed by atoms with Crippen LogP contribution in [0, 0.1) is 0 Å². The molecule has 0 aliphatic heterocycles. The smallest absolute Gasteiger partial charge is 0.330 e. The molecule has 0 saturated heterocycles. The number of likely N-dealkylation sites (N-methyl/N-ethyl adjacent to an activating group) is 1. The van der Waals surface area contributed by atoms with Crippen molar-refractivity contribution >= 4 is 5.97 Å². The van der Waals surface area contributed by atoms with Crippen LogP contribution >= 0.6 is 0 Å². The quantitative estimate of drug-likeness (QED) is 0.219. The van der Waals surface area contributed by atoms with E-state index in [2.05, 4.69) is 28.1 Å². The maximum absolute atomic E-state index is 11.4. The molecule has 0 heterocycles. The van der Waals surface area contributed by atoms with E-state index in [0.29, 0.717) is 6.61 Å². The molecule has 0 aromatic carbocycles. The Hall–Kier alpha value is -0.830. The number of carbonyl (C=O) groups excluding carboxylic acids is 1. The van der Waals surface area contributed by atoms with Crippen molar-refractivity contribution in [1.82, 2.24) is 0 Å². The zero-order valence-electron chi connectivity index (χ0n) is 14.7. The van der Waals surface area contributed by atoms with Crippen LogP contribution in [0.4, 0.5) is 0 Å². The van der Waals surface area contributed by atoms with E-state index in [1.807, 2.05) is 6.08 Å². The molecule has 0 saturated carbocycles. The number of hydrogen-bond donors (Lipinski definition) is 0. The average Bonchev–Trinajstić information content (AvgIpc) is 2.39. The van der Waals surface area contributed by atoms with Crippen LogP contribution in [-0.2, 0) is 9.53 Å². The summed E-state index contributed by atoms with van der Waals surface area (Å²) < 4.78 is 6.01. The highest BCUT2D eigenvalue weighted by molar-refractivity contribution is 5.81. The van der Waals surface area contributed by atoms with Gasteiger partial charge in [-0.25, -0.2) is 4.79 Å². The number of unbranched alkanes of at least 4 members (excludes halogenated alkanes) is 8. The predicted molar refractivity (Wildman–Crippen MR) is 90.2 cm³/mol. The summed E-state index contributed by atoms with van der Waals surface area (Å²) in [6.07, 6.45) is 15.0. The number of ether oxygens (including phenoxy) is 1. The van der Waals surface area contributed by atoms with Crippen molar-refractivity contribution in [3.05, 3.63) is 12.2 Å². The second-order valence-corrected chi connectivity index (χ2v) is 6.87. The molecule has 0 spiro atoms. The lowest BCUT2D eigenvalue weighted by atomic mass is 10.1. The lowest BCUT2D eigenvalue weighted by Gasteiger charge is -2.21. The normalized spacial score (nSPS) is 12.0. The van der Waals surface area contributed by atoms with Crippen LogP contribution < -0.4 is 0 Å². The van der Waals surface area contributed by atoms with Crippen LogP contribution in [0.3, 0.4) is 0 Å². The van der Waals surface area contributed by atoms with Crippen molar-refractivity contribution in [1.29, 1.82) is 0 Å². The fraction of sp³-hybridized carbons (Fsp3) is 0.833. The first-order chi connectivity index (χ1) is 9.95. The largest absolute Gasteiger partial charge is 0.463 e. The van der Waals surface area contributed by atoms with Gasteiger partial charge in [0.05, 0.1) is 34.3 Å². The first-order valence-corrected chi connectivity index (χ1v) is 8.59. The van der Waals surface area contributed by atoms with Gasteiger partial charge in [-0.2, -0.15) is 0 Å². The van der Waals surface area contributed by atoms with Crippen molar-refractivity contribution in [2.24, 2.45) is 0 Å². The average molecular weight is 298 g/mol. The van der Waals surface area contributed by atoms with Gasteiger partial charge in [0.2, 0.25) is 0 Å². The summed E-state index contributed by atoms with van der Waals surface area (Å²) in [5, 5.41) is 0. The van der Waals surface area contributed by atoms with Gasteiger partial charge in [-0.05, 0) is 12.5 Å². The van der Waals surface area contributed by atoms with Crippen LogP contribution in [0.15, 0.2) is 12.2 Å². The van der Waals surface area contributed by atoms with Crippen LogP contribution in [0.2, 0.25) is 0 Å². The van der Waals surface area contributed by atoms with E-state index in [1.165, 1.54) is 51.4 Å². The summed E-state index contributed by atoms with van der Waals surface area (Å²) in [5.41, 5.74) is 0. The van der Waals surface area contributed by atoms with Gasteiger partial charge in [0.15, 0.2) is 0 Å². The first-order valence-electron chi connectivity index (χ1n) is 8.59. The molecule has 0 unspecified atom stereocenters. The number of quaternary nitrogens is 1. The van der Waals surface area contributed by atoms with E-state index in [4.69, 9.17) is 4.74 Å². The molecule has 0 fully saturated rings. The molecule has 0 aliphatic rings. The summed E-state index contributed by atoms with van der Waals surface area (Å²) in [6, 6.07) is 0. The molecule has 0 atom stereocenters. The van der Waals surface area contributed by atoms with Gasteiger partial charge in [0.25, 0.3) is 0 Å². The van der Waals surface area contributed by atoms with E-state index in [-0.39, 0.29) is 5.97 Å². The highest BCUT2D eigenvalue weighted by Gasteiger charge is 2.03. The Balaban J connectivity index is 3.33. The summed E-state index contributed by atoms with van der Waals surface area (Å²) in [7, 11) is 6.29. The maximum Gasteiger partial charge on any atom is 0.330 e. The van der Waals surface area contributed by atoms with Crippen LogP contribution in [0.1, 0.15) is 64.7 Å². The molecule has 0 radical (unpaired) electrons. The van der Waals surface area contributed by atoms with E-state index in [1.54, 1.807) is 6.08 Å². The fourth-order valence-corrected chi connectivity index (χ4v) is 2.10. The van der Waals surface area contributed by atoms with Crippen molar-refractivity contribution in [3.63, 3.8) is 0 Å². The van der Waals surface area contributed by atoms with Crippen molar-refractivity contribution < 1.29 is 14.0 Å². The van der Waals surface area contributed by atoms with Crippen LogP contribution in [-0.4, -0.2) is 44.7 Å². The molecule has 0 aromatic heterocycles. The molecule has 0 amide bonds. The van der Waals surface area contributed by atoms with Gasteiger partial charge < -0.3 is 9.22 Å². The molecule has 3 heteroatoms. The monoisotopic (exact) mass is 298 g/mol. The third kappa shape index (κ3) is 17.1. The zero-order chi connectivity index (χ0) is 16.0. The number of rotatable bonds is 13. The lowest BCUT2D eigenvalue weighted by Crippen LogP contribution is -2.34. The number of hydrogen-bond acceptors (Lipinski definition) is 2. The number of esters is 1. The van der Waals surface area contributed by atoms with Gasteiger partial charge in [0.1, 0.15) is 0 Å². The maximum atomic E-state index is 11.4. The molecule has 0 N–H and O–H groups in total. The van der Waals surface area contributed by atoms with Gasteiger partial charge in [0, 0.05) is 6.08 Å². The molecule has 3 nitrogen and oxygen atoms in total. The summed E-state index contributed by atoms with van der Waals surface area (Å²) in [4.78, 5) is 11.4. The minimum Gasteiger partial charge on any atom is -0.463 e. The third-order valence-electron chi connectivity index (χ3n) is 3.40. The lowest BCUT2D eigenvalue weighted by molar-refractivity contribution is -0.864. The molecule has 21 heavy (non-hydrogen) atoms. The van der Waals surface area contributed by atoms with Gasteiger partial charge >= 0.3 is 5.97 Å². The Morgan fingerprint density at radius 2 is 1.43 bits per heavy atom. The standard InChI is InChI=1S/C18H36NO2/c1-5-6-7-8-9-10-11-12-13-17-21-18(20)15-14-16-19(2,3)4/h14-15H,5-13,16-17H2,1-4H3/q+1/b15-14+. The second-order valence-electron chi connectivity index (χ2n) is 6.87. The Labute approximate surface area is 131 Å². The van der Waals surface area contributed by atoms with E-state index < -0.39 is 0 Å². The van der Waals surface area contributed by atoms with Crippen LogP contribution in [0.25, 0.3) is 0 Å². The Bertz CT molecular complexity index is 279. The van der Waals surface area contributed by atoms with Gasteiger partial charge in [-0.15, -0.1) is 0 Å². The highest BCUT2D eigenvalue weighted by Crippen LogP contribution is 2.09. The zero-order valence-corrected chi connectivity index (χ0v) is 14.7. The third-order valence-corrected chi connectivity index (χ3v) is 3.40. The highest BCUT2D eigenvalue weighted by atomic mass is 16.5. The minimum atomic E-state index is -0.206. The topological polar surface area (TPSA) is 26.3 Å². The molecular formula is C18H36NO2+. The molecule has 0 rings (SSSR count). The molecular weight excluding hydrogens is 262 g/mol. The Morgan fingerprint density at radius 3 is 1.95 bits per heavy atom. The predicted octanol–water partition coefficient (Wildman–Crippen LogP) is 4.32. The summed E-state index contributed by atoms with van der Waals surface area (Å²) in [6.45, 7) is 3.65. The van der Waals surface area contributed by atoms with Crippen molar-refractivity contribution in [3.8, 4) is 0 Å². The summed E-state index contributed by atoms with van der Waals surface area (Å²) >= 11 is 0. The fourth-order valence-electron chi connectivity index (χ4n) is 2.10. The Kier molecular flexibility index (Phi) is 12.4. The first kappa shape index (κ1) is 20.2. The van der Waals surface area contributed by atoms with Gasteiger partial charge in [-0.3, -0.25) is 0 Å². The van der Waals surface area contributed by atoms with E-state index in [0.717, 1.165) is 17.4 Å². The number of carbonyl (C=O) groups is 1. The van der Waals surface area contributed by atoms with Crippen LogP contribution in [0.5, 0.6) is 0 Å². The summed E-state index contributed by atoms with van der Waals surface area (Å²) in [5.74, 6) is -0.206. The number of nitrogens with zero attached hydrogens (tertiary/aromatic N) is 1.